The third-order valence-electron chi connectivity index (χ3n) is 2.03. The van der Waals surface area contributed by atoms with E-state index in [-0.39, 0.29) is 5.82 Å². The van der Waals surface area contributed by atoms with Crippen molar-refractivity contribution < 1.29 is 9.13 Å². The molecule has 0 aliphatic heterocycles. The van der Waals surface area contributed by atoms with E-state index in [0.29, 0.717) is 30.4 Å². The Bertz CT molecular complexity index is 329. The van der Waals surface area contributed by atoms with Crippen molar-refractivity contribution in [1.29, 1.82) is 0 Å². The van der Waals surface area contributed by atoms with Crippen LogP contribution < -0.4 is 11.1 Å². The van der Waals surface area contributed by atoms with Gasteiger partial charge in [-0.3, -0.25) is 0 Å². The molecule has 0 saturated carbocycles. The van der Waals surface area contributed by atoms with Crippen LogP contribution in [0.2, 0.25) is 0 Å². The van der Waals surface area contributed by atoms with E-state index in [4.69, 9.17) is 10.5 Å². The van der Waals surface area contributed by atoms with Crippen molar-refractivity contribution in [1.82, 2.24) is 0 Å². The van der Waals surface area contributed by atoms with Crippen LogP contribution in [0.4, 0.5) is 15.8 Å². The topological polar surface area (TPSA) is 47.3 Å². The highest BCUT2D eigenvalue weighted by Crippen LogP contribution is 2.18. The average molecular weight is 226 g/mol. The van der Waals surface area contributed by atoms with Gasteiger partial charge in [0.05, 0.1) is 18.0 Å². The van der Waals surface area contributed by atoms with Crippen molar-refractivity contribution in [3.63, 3.8) is 0 Å². The van der Waals surface area contributed by atoms with Crippen molar-refractivity contribution >= 4 is 11.4 Å². The summed E-state index contributed by atoms with van der Waals surface area (Å²) in [5.74, 6) is 0.235. The Kier molecular flexibility index (Phi) is 5.05. The number of rotatable bonds is 6. The van der Waals surface area contributed by atoms with Crippen LogP contribution >= 0.6 is 0 Å². The summed E-state index contributed by atoms with van der Waals surface area (Å²) in [5, 5.41) is 3.04. The molecule has 0 radical (unpaired) electrons. The van der Waals surface area contributed by atoms with E-state index < -0.39 is 0 Å². The third kappa shape index (κ3) is 4.49. The Balaban J connectivity index is 2.29. The van der Waals surface area contributed by atoms with Gasteiger partial charge >= 0.3 is 0 Å². The fourth-order valence-corrected chi connectivity index (χ4v) is 1.26. The van der Waals surface area contributed by atoms with Crippen molar-refractivity contribution in [2.75, 3.05) is 30.8 Å². The van der Waals surface area contributed by atoms with Gasteiger partial charge in [0.2, 0.25) is 0 Å². The standard InChI is InChI=1S/C12H19FN2O/c1-9(2)8-16-6-5-15-12-7-10(13)3-4-11(12)14/h3-4,7,9,15H,5-6,8,14H2,1-2H3. The van der Waals surface area contributed by atoms with E-state index in [9.17, 15) is 4.39 Å². The van der Waals surface area contributed by atoms with Gasteiger partial charge < -0.3 is 15.8 Å². The quantitative estimate of drug-likeness (QED) is 0.578. The molecular formula is C12H19FN2O. The Morgan fingerprint density at radius 1 is 1.44 bits per heavy atom. The van der Waals surface area contributed by atoms with Crippen LogP contribution in [0.25, 0.3) is 0 Å². The summed E-state index contributed by atoms with van der Waals surface area (Å²) in [5.41, 5.74) is 6.85. The second kappa shape index (κ2) is 6.33. The summed E-state index contributed by atoms with van der Waals surface area (Å²) in [7, 11) is 0. The van der Waals surface area contributed by atoms with E-state index in [2.05, 4.69) is 19.2 Å². The Morgan fingerprint density at radius 2 is 2.19 bits per heavy atom. The van der Waals surface area contributed by atoms with Gasteiger partial charge in [0.1, 0.15) is 5.82 Å². The highest BCUT2D eigenvalue weighted by atomic mass is 19.1. The molecule has 0 saturated heterocycles. The van der Waals surface area contributed by atoms with Crippen LogP contribution in [-0.4, -0.2) is 19.8 Å². The first-order chi connectivity index (χ1) is 7.59. The number of ether oxygens (including phenoxy) is 1. The number of nitrogen functional groups attached to an aromatic ring is 1. The lowest BCUT2D eigenvalue weighted by Gasteiger charge is -2.10. The van der Waals surface area contributed by atoms with Crippen LogP contribution in [0.5, 0.6) is 0 Å². The van der Waals surface area contributed by atoms with Gasteiger partial charge in [0, 0.05) is 13.2 Å². The van der Waals surface area contributed by atoms with Crippen molar-refractivity contribution in [2.45, 2.75) is 13.8 Å². The number of hydrogen-bond acceptors (Lipinski definition) is 3. The van der Waals surface area contributed by atoms with Crippen LogP contribution in [0.3, 0.4) is 0 Å². The molecule has 1 rings (SSSR count). The molecule has 0 fully saturated rings. The first-order valence-corrected chi connectivity index (χ1v) is 5.46. The molecule has 16 heavy (non-hydrogen) atoms. The number of benzene rings is 1. The largest absolute Gasteiger partial charge is 0.397 e. The fraction of sp³-hybridized carbons (Fsp3) is 0.500. The maximum absolute atomic E-state index is 12.9. The number of halogens is 1. The second-order valence-corrected chi connectivity index (χ2v) is 4.13. The summed E-state index contributed by atoms with van der Waals surface area (Å²) in [6, 6.07) is 4.28. The van der Waals surface area contributed by atoms with E-state index in [1.165, 1.54) is 12.1 Å². The highest BCUT2D eigenvalue weighted by molar-refractivity contribution is 5.65. The Morgan fingerprint density at radius 3 is 2.88 bits per heavy atom. The number of anilines is 2. The van der Waals surface area contributed by atoms with Crippen LogP contribution in [-0.2, 0) is 4.74 Å². The molecule has 1 aromatic carbocycles. The van der Waals surface area contributed by atoms with E-state index in [1.54, 1.807) is 6.07 Å². The zero-order valence-corrected chi connectivity index (χ0v) is 9.79. The summed E-state index contributed by atoms with van der Waals surface area (Å²) < 4.78 is 18.3. The van der Waals surface area contributed by atoms with Crippen molar-refractivity contribution in [3.05, 3.63) is 24.0 Å². The lowest BCUT2D eigenvalue weighted by atomic mass is 10.2. The molecule has 0 aromatic heterocycles. The molecule has 90 valence electrons. The minimum atomic E-state index is -0.292. The summed E-state index contributed by atoms with van der Waals surface area (Å²) in [6.45, 7) is 6.14. The number of nitrogens with one attached hydrogen (secondary N) is 1. The summed E-state index contributed by atoms with van der Waals surface area (Å²) >= 11 is 0. The lowest BCUT2D eigenvalue weighted by molar-refractivity contribution is 0.118. The first kappa shape index (κ1) is 12.8. The molecule has 0 bridgehead atoms. The monoisotopic (exact) mass is 226 g/mol. The molecule has 0 atom stereocenters. The van der Waals surface area contributed by atoms with Crippen LogP contribution in [0, 0.1) is 11.7 Å². The molecule has 0 amide bonds. The van der Waals surface area contributed by atoms with Gasteiger partial charge in [0.25, 0.3) is 0 Å². The zero-order chi connectivity index (χ0) is 12.0. The minimum absolute atomic E-state index is 0.292. The number of hydrogen-bond donors (Lipinski definition) is 2. The smallest absolute Gasteiger partial charge is 0.125 e. The van der Waals surface area contributed by atoms with Gasteiger partial charge in [-0.2, -0.15) is 0 Å². The first-order valence-electron chi connectivity index (χ1n) is 5.46. The maximum atomic E-state index is 12.9. The molecule has 4 heteroatoms. The summed E-state index contributed by atoms with van der Waals surface area (Å²) in [4.78, 5) is 0. The average Bonchev–Trinajstić information content (AvgIpc) is 2.22. The molecule has 3 nitrogen and oxygen atoms in total. The molecule has 0 heterocycles. The van der Waals surface area contributed by atoms with E-state index in [1.807, 2.05) is 0 Å². The van der Waals surface area contributed by atoms with Gasteiger partial charge in [-0.05, 0) is 24.1 Å². The van der Waals surface area contributed by atoms with E-state index in [0.717, 1.165) is 6.61 Å². The predicted molar refractivity (Wildman–Crippen MR) is 65.0 cm³/mol. The van der Waals surface area contributed by atoms with Crippen LogP contribution in [0.15, 0.2) is 18.2 Å². The zero-order valence-electron chi connectivity index (χ0n) is 9.79. The second-order valence-electron chi connectivity index (χ2n) is 4.13. The normalized spacial score (nSPS) is 10.8. The molecule has 3 N–H and O–H groups in total. The highest BCUT2D eigenvalue weighted by Gasteiger charge is 2.00. The molecule has 0 aliphatic carbocycles. The van der Waals surface area contributed by atoms with Crippen molar-refractivity contribution in [2.24, 2.45) is 5.92 Å². The molecule has 0 unspecified atom stereocenters. The summed E-state index contributed by atoms with van der Waals surface area (Å²) in [6.07, 6.45) is 0. The van der Waals surface area contributed by atoms with Gasteiger partial charge in [-0.1, -0.05) is 13.8 Å². The third-order valence-corrected chi connectivity index (χ3v) is 2.03. The van der Waals surface area contributed by atoms with Crippen molar-refractivity contribution in [3.8, 4) is 0 Å². The lowest BCUT2D eigenvalue weighted by Crippen LogP contribution is -2.13. The van der Waals surface area contributed by atoms with Gasteiger partial charge in [0.15, 0.2) is 0 Å². The molecule has 0 aliphatic rings. The van der Waals surface area contributed by atoms with Gasteiger partial charge in [-0.15, -0.1) is 0 Å². The maximum Gasteiger partial charge on any atom is 0.125 e. The molecular weight excluding hydrogens is 207 g/mol. The SMILES string of the molecule is CC(C)COCCNc1cc(F)ccc1N. The van der Waals surface area contributed by atoms with Gasteiger partial charge in [-0.25, -0.2) is 4.39 Å². The molecule has 0 spiro atoms. The fourth-order valence-electron chi connectivity index (χ4n) is 1.26. The molecule has 1 aromatic rings. The minimum Gasteiger partial charge on any atom is -0.397 e. The van der Waals surface area contributed by atoms with E-state index >= 15 is 0 Å². The Hall–Kier alpha value is -1.29. The Labute approximate surface area is 95.8 Å². The number of nitrogens with two attached hydrogens (primary N) is 1. The van der Waals surface area contributed by atoms with Crippen LogP contribution in [0.1, 0.15) is 13.8 Å². The predicted octanol–water partition coefficient (Wildman–Crippen LogP) is 2.49.